The molecule has 30 nitrogen and oxygen atoms in total. The summed E-state index contributed by atoms with van der Waals surface area (Å²) in [4.78, 5) is 128. The van der Waals surface area contributed by atoms with Gasteiger partial charge in [-0.1, -0.05) is 170 Å². The molecule has 4 aliphatic rings. The van der Waals surface area contributed by atoms with E-state index in [2.05, 4.69) is 130 Å². The number of aromatic nitrogens is 6. The average molecular weight is 1770 g/mol. The molecule has 5 aromatic carbocycles. The van der Waals surface area contributed by atoms with E-state index in [9.17, 15) is 56.4 Å². The maximum Gasteiger partial charge on any atom is 0.332 e. The number of aliphatic hydroxyl groups is 1. The van der Waals surface area contributed by atoms with Crippen molar-refractivity contribution in [3.63, 3.8) is 0 Å². The van der Waals surface area contributed by atoms with E-state index in [1.165, 1.54) is 32.4 Å². The molecule has 0 bridgehead atoms. The first-order valence-corrected chi connectivity index (χ1v) is 48.2. The van der Waals surface area contributed by atoms with Crippen molar-refractivity contribution in [2.75, 3.05) is 84.2 Å². The van der Waals surface area contributed by atoms with E-state index in [1.807, 2.05) is 111 Å². The zero-order valence-electron chi connectivity index (χ0n) is 75.5. The van der Waals surface area contributed by atoms with Crippen LogP contribution in [0, 0.1) is 23.7 Å². The highest BCUT2D eigenvalue weighted by Gasteiger charge is 2.38. The maximum atomic E-state index is 13.3. The summed E-state index contributed by atoms with van der Waals surface area (Å²) in [7, 11) is -4.69. The number of carbonyl (C=O) groups excluding carboxylic acids is 5. The molecular weight excluding hydrogens is 1640 g/mol. The minimum atomic E-state index is -3.46. The Morgan fingerprint density at radius 3 is 1.32 bits per heavy atom. The fraction of sp³-hybridized carbons (Fsp3) is 0.484. The number of H-pyrrole nitrogens is 1. The van der Waals surface area contributed by atoms with Gasteiger partial charge in [0.05, 0.1) is 49.5 Å². The van der Waals surface area contributed by atoms with Crippen LogP contribution in [-0.4, -0.2) is 172 Å². The Bertz CT molecular complexity index is 5140. The molecule has 4 fully saturated rings. The lowest BCUT2D eigenvalue weighted by molar-refractivity contribution is -0.148. The molecule has 4 saturated heterocycles. The van der Waals surface area contributed by atoms with Gasteiger partial charge in [-0.3, -0.25) is 61.3 Å². The lowest BCUT2D eigenvalue weighted by Crippen LogP contribution is -2.40. The number of aryl methyl sites for hydroxylation is 1. The second-order valence-corrected chi connectivity index (χ2v) is 41.5. The van der Waals surface area contributed by atoms with Gasteiger partial charge >= 0.3 is 29.6 Å². The molecule has 7 heterocycles. The van der Waals surface area contributed by atoms with Crippen LogP contribution in [0.4, 0.5) is 28.4 Å². The van der Waals surface area contributed by atoms with Crippen molar-refractivity contribution in [1.29, 1.82) is 0 Å². The number of aliphatic carboxylic acids is 3. The van der Waals surface area contributed by atoms with Crippen LogP contribution in [-0.2, 0) is 82.0 Å². The van der Waals surface area contributed by atoms with Crippen LogP contribution in [0.1, 0.15) is 192 Å². The number of hydrogen-bond donors (Lipinski definition) is 6. The van der Waals surface area contributed by atoms with Gasteiger partial charge in [0.2, 0.25) is 23.6 Å². The van der Waals surface area contributed by atoms with E-state index in [-0.39, 0.29) is 104 Å². The summed E-state index contributed by atoms with van der Waals surface area (Å²) in [6.45, 7) is 41.0. The number of aromatic amines is 1. The molecule has 12 rings (SSSR count). The summed E-state index contributed by atoms with van der Waals surface area (Å²) >= 11 is 0. The molecule has 0 radical (unpaired) electrons. The standard InChI is InChI=1S/C20H32N6O3Si.C16H21NO3.C15H21NO4S.C14H17NO3.C14H19NO2.C9H13N.C5H6O4/c1-6-8-24-18-16(19(27)25(9-7-2)20(24)28)26(14-29-10-11-30(3,4)5)17(23-18)15-12-21-22-13-15;1-4-20-16(19)13-9-15(18)17(10-13)14-7-5-12(6-8-14)11(2)3;1-11(2)13-4-6-14(7-5-13)16-9-12(8-15(16)17)10-20-21(3,18)19;1-9(2)10-3-5-12(6-4-10)15-8-11(14(17)18)7-13(15)16;1-10(2)12-3-5-13(6-4-12)15-8-11(9-16)7-14(15)17;1-7(2)8-3-5-9(10)6-4-8;1-3(5(8)9)2-4(6)7/h12-13H,6-11,14H2,1-5H3,(H,21,22);5-8,11,13H,4,9-10H2,1-3H3;4-7,11-12H,8-10H2,1-3H3;3-6,9,11H,7-8H2,1-2H3,(H,17,18);3-6,10-11,16H,7-9H2,1-2H3;3-7H,10H2,1-2H3;1-2H2,(H,6,7)(H,8,9). The molecule has 0 saturated carbocycles. The van der Waals surface area contributed by atoms with Crippen LogP contribution in [0.2, 0.25) is 25.7 Å². The van der Waals surface area contributed by atoms with Crippen LogP contribution in [0.5, 0.6) is 0 Å². The second-order valence-electron chi connectivity index (χ2n) is 34.3. The normalized spacial score (nSPS) is 16.2. The van der Waals surface area contributed by atoms with Gasteiger partial charge in [-0.05, 0) is 144 Å². The maximum absolute atomic E-state index is 13.3. The number of carboxylic acids is 3. The number of anilines is 5. The molecule has 0 spiro atoms. The van der Waals surface area contributed by atoms with Gasteiger partial charge in [-0.15, -0.1) is 0 Å². The third-order valence-electron chi connectivity index (χ3n) is 21.1. The van der Waals surface area contributed by atoms with Gasteiger partial charge in [0, 0.05) is 138 Å². The van der Waals surface area contributed by atoms with E-state index in [0.29, 0.717) is 112 Å². The Hall–Kier alpha value is -11.2. The molecule has 4 aliphatic heterocycles. The second kappa shape index (κ2) is 48.3. The van der Waals surface area contributed by atoms with Crippen molar-refractivity contribution >= 4 is 105 Å². The molecule has 4 atom stereocenters. The van der Waals surface area contributed by atoms with Crippen LogP contribution in [0.25, 0.3) is 22.6 Å². The number of nitrogens with two attached hydrogens (primary N) is 1. The third-order valence-corrected chi connectivity index (χ3v) is 23.4. The molecule has 125 heavy (non-hydrogen) atoms. The van der Waals surface area contributed by atoms with E-state index in [4.69, 9.17) is 44.8 Å². The minimum Gasteiger partial charge on any atom is -0.481 e. The van der Waals surface area contributed by atoms with E-state index in [1.54, 1.807) is 48.1 Å². The van der Waals surface area contributed by atoms with Crippen molar-refractivity contribution < 1.29 is 80.9 Å². The Morgan fingerprint density at radius 2 is 0.968 bits per heavy atom. The first-order valence-electron chi connectivity index (χ1n) is 42.7. The number of hydrogen-bond acceptors (Lipinski definition) is 19. The van der Waals surface area contributed by atoms with Crippen molar-refractivity contribution in [3.05, 3.63) is 195 Å². The smallest absolute Gasteiger partial charge is 0.332 e. The zero-order chi connectivity index (χ0) is 92.9. The Kier molecular flexibility index (Phi) is 39.7. The molecule has 3 aromatic heterocycles. The number of benzene rings is 5. The highest BCUT2D eigenvalue weighted by Crippen LogP contribution is 2.33. The molecule has 4 unspecified atom stereocenters. The van der Waals surface area contributed by atoms with E-state index in [0.717, 1.165) is 52.7 Å². The number of aliphatic hydroxyl groups excluding tert-OH is 1. The predicted molar refractivity (Wildman–Crippen MR) is 491 cm³/mol. The third kappa shape index (κ3) is 31.2. The van der Waals surface area contributed by atoms with Crippen LogP contribution >= 0.6 is 0 Å². The Labute approximate surface area is 734 Å². The summed E-state index contributed by atoms with van der Waals surface area (Å²) < 4.78 is 42.5. The number of fused-ring (bicyclic) bond motifs is 1. The first-order chi connectivity index (χ1) is 58.9. The summed E-state index contributed by atoms with van der Waals surface area (Å²) in [5.41, 5.74) is 16.7. The van der Waals surface area contributed by atoms with Crippen molar-refractivity contribution in [2.24, 2.45) is 23.7 Å². The summed E-state index contributed by atoms with van der Waals surface area (Å²) in [5, 5.41) is 40.9. The van der Waals surface area contributed by atoms with Gasteiger partial charge < -0.3 is 55.2 Å². The largest absolute Gasteiger partial charge is 0.481 e. The van der Waals surface area contributed by atoms with Gasteiger partial charge in [0.25, 0.3) is 15.7 Å². The predicted octanol–water partition coefficient (Wildman–Crippen LogP) is 14.6. The lowest BCUT2D eigenvalue weighted by Gasteiger charge is -2.17. The average Bonchev–Trinajstić information content (AvgIpc) is 1.60. The van der Waals surface area contributed by atoms with Gasteiger partial charge in [0.15, 0.2) is 11.2 Å². The summed E-state index contributed by atoms with van der Waals surface area (Å²) in [5.74, 6) is -1.51. The van der Waals surface area contributed by atoms with Crippen LogP contribution < -0.4 is 36.6 Å². The SMILES string of the molecule is C=C(CC(=O)O)C(=O)O.CC(C)c1ccc(N)cc1.CC(C)c1ccc(N2CC(C(=O)O)CC2=O)cc1.CC(C)c1ccc(N2CC(CO)CC2=O)cc1.CC(C)c1ccc(N2CC(COS(C)(=O)=O)CC2=O)cc1.CCCn1c(=O)c2c(nc(-c3cn[nH]c3)n2COCC[Si](C)(C)C)n(CCC)c1=O.CCOC(=O)C1CC(=O)N(c2ccc(C(C)C)cc2)C1. The van der Waals surface area contributed by atoms with E-state index >= 15 is 0 Å². The number of imidazole rings is 1. The number of carboxylic acid groups (broad SMARTS) is 3. The summed E-state index contributed by atoms with van der Waals surface area (Å²) in [6, 6.07) is 40.8. The molecule has 32 heteroatoms. The quantitative estimate of drug-likeness (QED) is 0.00633. The highest BCUT2D eigenvalue weighted by atomic mass is 32.2. The Balaban J connectivity index is 0.000000232. The minimum absolute atomic E-state index is 0.00870. The first kappa shape index (κ1) is 103. The zero-order valence-corrected chi connectivity index (χ0v) is 77.3. The number of rotatable bonds is 29. The molecular formula is C93H129N11O19SSi. The number of nitrogen functional groups attached to an aromatic ring is 1. The topological polar surface area (TPSA) is 409 Å². The molecule has 0 aliphatic carbocycles. The fourth-order valence-electron chi connectivity index (χ4n) is 13.7. The van der Waals surface area contributed by atoms with Gasteiger partial charge in [-0.25, -0.2) is 14.6 Å². The molecule has 7 N–H and O–H groups in total. The van der Waals surface area contributed by atoms with Crippen LogP contribution in [0.3, 0.4) is 0 Å². The van der Waals surface area contributed by atoms with Gasteiger partial charge in [0.1, 0.15) is 12.6 Å². The number of nitrogens with zero attached hydrogens (tertiary/aromatic N) is 9. The number of esters is 1. The number of ether oxygens (including phenoxy) is 2. The molecule has 680 valence electrons. The van der Waals surface area contributed by atoms with Crippen molar-refractivity contribution in [1.82, 2.24) is 28.9 Å². The number of carbonyl (C=O) groups is 8. The molecule has 8 aromatic rings. The number of amides is 4. The van der Waals surface area contributed by atoms with Gasteiger partial charge in [-0.2, -0.15) is 13.5 Å². The number of nitrogens with one attached hydrogen (secondary N) is 1. The van der Waals surface area contributed by atoms with Crippen LogP contribution in [0.15, 0.2) is 155 Å². The Morgan fingerprint density at radius 1 is 0.568 bits per heavy atom. The summed E-state index contributed by atoms with van der Waals surface area (Å²) in [6.07, 6.45) is 6.48. The highest BCUT2D eigenvalue weighted by molar-refractivity contribution is 7.86. The monoisotopic (exact) mass is 1760 g/mol. The van der Waals surface area contributed by atoms with Crippen molar-refractivity contribution in [3.8, 4) is 11.4 Å². The van der Waals surface area contributed by atoms with Crippen molar-refractivity contribution in [2.45, 2.75) is 210 Å². The fourth-order valence-corrected chi connectivity index (χ4v) is 14.9. The molecule has 4 amide bonds. The lowest BCUT2D eigenvalue weighted by atomic mass is 10.0. The van der Waals surface area contributed by atoms with E-state index < -0.39 is 48.4 Å².